The minimum Gasteiger partial charge on any atom is -0.446 e. The molecule has 35 heavy (non-hydrogen) atoms. The highest BCUT2D eigenvalue weighted by Gasteiger charge is 2.60. The van der Waals surface area contributed by atoms with Crippen LogP contribution in [0.15, 0.2) is 18.2 Å². The fourth-order valence-corrected chi connectivity index (χ4v) is 6.36. The van der Waals surface area contributed by atoms with E-state index in [1.165, 1.54) is 12.1 Å². The molecule has 0 radical (unpaired) electrons. The van der Waals surface area contributed by atoms with Crippen molar-refractivity contribution in [1.29, 1.82) is 0 Å². The number of benzene rings is 1. The summed E-state index contributed by atoms with van der Waals surface area (Å²) in [6.45, 7) is 7.42. The molecule has 0 bridgehead atoms. The first-order valence-corrected chi connectivity index (χ1v) is 12.4. The maximum absolute atomic E-state index is 13.5. The van der Waals surface area contributed by atoms with E-state index in [2.05, 4.69) is 10.6 Å². The quantitative estimate of drug-likeness (QED) is 0.461. The number of halogens is 2. The maximum Gasteiger partial charge on any atom is 0.407 e. The van der Waals surface area contributed by atoms with Gasteiger partial charge in [-0.1, -0.05) is 13.8 Å². The predicted octanol–water partition coefficient (Wildman–Crippen LogP) is 3.66. The highest BCUT2D eigenvalue weighted by atomic mass is 19.1. The Kier molecular flexibility index (Phi) is 8.42. The van der Waals surface area contributed by atoms with Crippen molar-refractivity contribution in [3.05, 3.63) is 35.4 Å². The molecule has 1 aromatic carbocycles. The molecule has 1 aromatic rings. The molecule has 6 unspecified atom stereocenters. The first-order valence-electron chi connectivity index (χ1n) is 12.4. The maximum atomic E-state index is 13.5. The molecule has 2 amide bonds. The van der Waals surface area contributed by atoms with Crippen molar-refractivity contribution < 1.29 is 33.3 Å². The molecule has 2 saturated carbocycles. The van der Waals surface area contributed by atoms with Crippen molar-refractivity contribution in [2.24, 2.45) is 22.7 Å². The number of carbonyl (C=O) groups excluding carboxylic acids is 2. The van der Waals surface area contributed by atoms with Gasteiger partial charge in [-0.2, -0.15) is 0 Å². The minimum atomic E-state index is -0.727. The zero-order valence-electron chi connectivity index (χ0n) is 20.9. The summed E-state index contributed by atoms with van der Waals surface area (Å²) in [5.41, 5.74) is -0.879. The van der Waals surface area contributed by atoms with Gasteiger partial charge in [0.2, 0.25) is 5.91 Å². The number of aliphatic hydroxyl groups excluding tert-OH is 2. The lowest BCUT2D eigenvalue weighted by molar-refractivity contribution is -0.186. The molecule has 0 heterocycles. The van der Waals surface area contributed by atoms with Crippen LogP contribution in [0, 0.1) is 34.3 Å². The standard InChI is InChI=1S/C26H38F2N2O5/c1-15(2)30-24(34)35-22-7-8-25(3)19(20(32)5-6-21(25)26(22,4)14-31)12-23(33)29-13-16-9-17(27)11-18(28)10-16/h9-11,15,19-22,31-32H,5-8,12-14H2,1-4H3,(H,29,33)(H,30,34). The SMILES string of the molecule is CC(C)NC(=O)OC1CCC2(C)C(CC(=O)NCc3cc(F)cc(F)c3)C(O)CCC2C1(C)CO. The number of amides is 2. The van der Waals surface area contributed by atoms with E-state index in [9.17, 15) is 28.6 Å². The number of alkyl carbamates (subject to hydrolysis) is 1. The lowest BCUT2D eigenvalue weighted by Gasteiger charge is -2.60. The first-order chi connectivity index (χ1) is 16.4. The fourth-order valence-electron chi connectivity index (χ4n) is 6.36. The summed E-state index contributed by atoms with van der Waals surface area (Å²) in [4.78, 5) is 25.1. The lowest BCUT2D eigenvalue weighted by atomic mass is 9.46. The summed E-state index contributed by atoms with van der Waals surface area (Å²) in [6, 6.07) is 3.03. The molecule has 3 rings (SSSR count). The molecular weight excluding hydrogens is 458 g/mol. The molecule has 6 atom stereocenters. The summed E-state index contributed by atoms with van der Waals surface area (Å²) in [6.07, 6.45) is 0.575. The van der Waals surface area contributed by atoms with Crippen LogP contribution in [-0.2, 0) is 16.1 Å². The highest BCUT2D eigenvalue weighted by molar-refractivity contribution is 5.76. The number of fused-ring (bicyclic) bond motifs is 1. The Morgan fingerprint density at radius 3 is 2.40 bits per heavy atom. The zero-order valence-corrected chi connectivity index (χ0v) is 20.9. The van der Waals surface area contributed by atoms with E-state index in [0.29, 0.717) is 31.2 Å². The Bertz CT molecular complexity index is 909. The van der Waals surface area contributed by atoms with Crippen molar-refractivity contribution in [2.75, 3.05) is 6.61 Å². The molecule has 4 N–H and O–H groups in total. The average molecular weight is 497 g/mol. The number of hydrogen-bond acceptors (Lipinski definition) is 5. The van der Waals surface area contributed by atoms with E-state index in [0.717, 1.165) is 6.07 Å². The van der Waals surface area contributed by atoms with Crippen LogP contribution in [0.5, 0.6) is 0 Å². The Morgan fingerprint density at radius 1 is 1.14 bits per heavy atom. The number of hydrogen-bond donors (Lipinski definition) is 4. The molecule has 2 aliphatic rings. The minimum absolute atomic E-state index is 0.0221. The molecule has 9 heteroatoms. The van der Waals surface area contributed by atoms with Crippen LogP contribution in [0.1, 0.15) is 65.4 Å². The van der Waals surface area contributed by atoms with Gasteiger partial charge in [0, 0.05) is 30.5 Å². The summed E-state index contributed by atoms with van der Waals surface area (Å²) < 4.78 is 32.6. The molecule has 2 aliphatic carbocycles. The second kappa shape index (κ2) is 10.8. The second-order valence-corrected chi connectivity index (χ2v) is 11.0. The number of aliphatic hydroxyl groups is 2. The van der Waals surface area contributed by atoms with Crippen LogP contribution in [0.3, 0.4) is 0 Å². The van der Waals surface area contributed by atoms with Crippen LogP contribution < -0.4 is 10.6 Å². The van der Waals surface area contributed by atoms with Gasteiger partial charge in [-0.05, 0) is 74.5 Å². The van der Waals surface area contributed by atoms with Crippen LogP contribution in [0.2, 0.25) is 0 Å². The number of ether oxygens (including phenoxy) is 1. The highest BCUT2D eigenvalue weighted by Crippen LogP contribution is 2.61. The molecule has 0 saturated heterocycles. The molecule has 0 spiro atoms. The van der Waals surface area contributed by atoms with Crippen LogP contribution in [-0.4, -0.2) is 47.1 Å². The van der Waals surface area contributed by atoms with Gasteiger partial charge in [0.25, 0.3) is 0 Å². The van der Waals surface area contributed by atoms with E-state index >= 15 is 0 Å². The molecule has 0 aliphatic heterocycles. The van der Waals surface area contributed by atoms with Crippen molar-refractivity contribution in [3.8, 4) is 0 Å². The van der Waals surface area contributed by atoms with Crippen molar-refractivity contribution in [3.63, 3.8) is 0 Å². The fraction of sp³-hybridized carbons (Fsp3) is 0.692. The second-order valence-electron chi connectivity index (χ2n) is 11.0. The largest absolute Gasteiger partial charge is 0.446 e. The Labute approximate surface area is 205 Å². The summed E-state index contributed by atoms with van der Waals surface area (Å²) in [5.74, 6) is -2.19. The van der Waals surface area contributed by atoms with Crippen molar-refractivity contribution in [1.82, 2.24) is 10.6 Å². The van der Waals surface area contributed by atoms with Gasteiger partial charge >= 0.3 is 6.09 Å². The van der Waals surface area contributed by atoms with Gasteiger partial charge in [0.15, 0.2) is 0 Å². The molecular formula is C26H38F2N2O5. The Morgan fingerprint density at radius 2 is 1.80 bits per heavy atom. The molecule has 196 valence electrons. The molecule has 2 fully saturated rings. The van der Waals surface area contributed by atoms with Gasteiger partial charge in [-0.25, -0.2) is 13.6 Å². The Hall–Kier alpha value is -2.26. The average Bonchev–Trinajstić information content (AvgIpc) is 2.76. The summed E-state index contributed by atoms with van der Waals surface area (Å²) in [7, 11) is 0. The van der Waals surface area contributed by atoms with E-state index in [4.69, 9.17) is 4.74 Å². The third kappa shape index (κ3) is 5.94. The van der Waals surface area contributed by atoms with Gasteiger partial charge in [-0.15, -0.1) is 0 Å². The summed E-state index contributed by atoms with van der Waals surface area (Å²) in [5, 5.41) is 26.8. The van der Waals surface area contributed by atoms with E-state index in [1.807, 2.05) is 27.7 Å². The Balaban J connectivity index is 1.73. The smallest absolute Gasteiger partial charge is 0.407 e. The van der Waals surface area contributed by atoms with E-state index < -0.39 is 40.8 Å². The monoisotopic (exact) mass is 496 g/mol. The van der Waals surface area contributed by atoms with Crippen LogP contribution >= 0.6 is 0 Å². The zero-order chi connectivity index (χ0) is 26.0. The lowest BCUT2D eigenvalue weighted by Crippen LogP contribution is -2.61. The van der Waals surface area contributed by atoms with Crippen LogP contribution in [0.4, 0.5) is 13.6 Å². The number of rotatable bonds is 7. The van der Waals surface area contributed by atoms with E-state index in [-0.39, 0.29) is 43.4 Å². The third-order valence-electron chi connectivity index (χ3n) is 8.15. The van der Waals surface area contributed by atoms with E-state index in [1.54, 1.807) is 0 Å². The van der Waals surface area contributed by atoms with Crippen LogP contribution in [0.25, 0.3) is 0 Å². The van der Waals surface area contributed by atoms with Gasteiger partial charge in [-0.3, -0.25) is 4.79 Å². The van der Waals surface area contributed by atoms with Gasteiger partial charge in [0.1, 0.15) is 17.7 Å². The molecule has 7 nitrogen and oxygen atoms in total. The van der Waals surface area contributed by atoms with Crippen molar-refractivity contribution in [2.45, 2.75) is 84.6 Å². The third-order valence-corrected chi connectivity index (χ3v) is 8.15. The number of nitrogens with one attached hydrogen (secondary N) is 2. The van der Waals surface area contributed by atoms with Gasteiger partial charge < -0.3 is 25.6 Å². The van der Waals surface area contributed by atoms with Gasteiger partial charge in [0.05, 0.1) is 12.7 Å². The van der Waals surface area contributed by atoms with Crippen molar-refractivity contribution >= 4 is 12.0 Å². The topological polar surface area (TPSA) is 108 Å². The summed E-state index contributed by atoms with van der Waals surface area (Å²) >= 11 is 0. The molecule has 0 aromatic heterocycles. The number of carbonyl (C=O) groups is 2. The predicted molar refractivity (Wildman–Crippen MR) is 126 cm³/mol. The first kappa shape index (κ1) is 27.3. The normalized spacial score (nSPS) is 32.6.